The van der Waals surface area contributed by atoms with Gasteiger partial charge in [0.2, 0.25) is 12.7 Å². The molecule has 0 bridgehead atoms. The number of fused-ring (bicyclic) bond motifs is 1. The van der Waals surface area contributed by atoms with Crippen molar-refractivity contribution in [3.05, 3.63) is 42.5 Å². The molecule has 1 fully saturated rings. The van der Waals surface area contributed by atoms with E-state index in [0.29, 0.717) is 47.8 Å². The van der Waals surface area contributed by atoms with Crippen LogP contribution in [0.1, 0.15) is 24.7 Å². The number of benzene rings is 1. The fourth-order valence-electron chi connectivity index (χ4n) is 3.41. The van der Waals surface area contributed by atoms with Gasteiger partial charge in [0, 0.05) is 30.8 Å². The molecule has 0 saturated carbocycles. The van der Waals surface area contributed by atoms with Crippen LogP contribution in [-0.2, 0) is 0 Å². The molecule has 2 aliphatic rings. The number of anilines is 1. The number of amides is 2. The van der Waals surface area contributed by atoms with E-state index in [-0.39, 0.29) is 18.7 Å². The van der Waals surface area contributed by atoms with Crippen molar-refractivity contribution >= 4 is 11.7 Å². The van der Waals surface area contributed by atoms with Crippen LogP contribution in [0.3, 0.4) is 0 Å². The van der Waals surface area contributed by atoms with Gasteiger partial charge in [-0.05, 0) is 37.1 Å². The Labute approximate surface area is 160 Å². The van der Waals surface area contributed by atoms with Crippen molar-refractivity contribution in [2.45, 2.75) is 18.8 Å². The average Bonchev–Trinajstić information content (AvgIpc) is 3.48. The quantitative estimate of drug-likeness (QED) is 0.740. The summed E-state index contributed by atoms with van der Waals surface area (Å²) in [5, 5.41) is 11.1. The highest BCUT2D eigenvalue weighted by atomic mass is 16.7. The molecular weight excluding hydrogens is 364 g/mol. The smallest absolute Gasteiger partial charge is 0.321 e. The van der Waals surface area contributed by atoms with Gasteiger partial charge < -0.3 is 28.5 Å². The van der Waals surface area contributed by atoms with E-state index < -0.39 is 0 Å². The number of nitrogens with zero attached hydrogens (tertiary/aromatic N) is 3. The predicted molar refractivity (Wildman–Crippen MR) is 97.1 cm³/mol. The molecule has 9 heteroatoms. The van der Waals surface area contributed by atoms with Gasteiger partial charge in [-0.3, -0.25) is 0 Å². The van der Waals surface area contributed by atoms with E-state index in [1.54, 1.807) is 41.5 Å². The van der Waals surface area contributed by atoms with Crippen LogP contribution in [0.4, 0.5) is 10.5 Å². The lowest BCUT2D eigenvalue weighted by Gasteiger charge is -2.30. The number of carbonyl (C=O) groups excluding carboxylic acids is 1. The van der Waals surface area contributed by atoms with Gasteiger partial charge in [0.15, 0.2) is 17.3 Å². The van der Waals surface area contributed by atoms with Crippen LogP contribution in [0.2, 0.25) is 0 Å². The second-order valence-electron chi connectivity index (χ2n) is 6.68. The number of carbonyl (C=O) groups is 1. The third-order valence-electron chi connectivity index (χ3n) is 4.93. The molecule has 0 spiro atoms. The molecule has 4 heterocycles. The van der Waals surface area contributed by atoms with Crippen molar-refractivity contribution < 1.29 is 23.1 Å². The molecule has 9 nitrogen and oxygen atoms in total. The van der Waals surface area contributed by atoms with E-state index in [0.717, 1.165) is 12.8 Å². The van der Waals surface area contributed by atoms with Gasteiger partial charge in [0.05, 0.1) is 6.26 Å². The molecule has 0 radical (unpaired) electrons. The highest BCUT2D eigenvalue weighted by Gasteiger charge is 2.28. The summed E-state index contributed by atoms with van der Waals surface area (Å²) >= 11 is 0. The Morgan fingerprint density at radius 1 is 1.11 bits per heavy atom. The highest BCUT2D eigenvalue weighted by Crippen LogP contribution is 2.34. The number of ether oxygens (including phenoxy) is 2. The molecule has 144 valence electrons. The second-order valence-corrected chi connectivity index (χ2v) is 6.68. The first kappa shape index (κ1) is 16.7. The van der Waals surface area contributed by atoms with Crippen molar-refractivity contribution in [3.8, 4) is 23.1 Å². The number of nitrogens with one attached hydrogen (secondary N) is 1. The topological polar surface area (TPSA) is 103 Å². The molecule has 1 aromatic carbocycles. The number of furan rings is 1. The first-order valence-corrected chi connectivity index (χ1v) is 9.09. The van der Waals surface area contributed by atoms with Crippen LogP contribution < -0.4 is 14.8 Å². The van der Waals surface area contributed by atoms with Crippen molar-refractivity contribution in [1.82, 2.24) is 15.1 Å². The average molecular weight is 382 g/mol. The molecule has 2 amide bonds. The zero-order valence-electron chi connectivity index (χ0n) is 15.0. The normalized spacial score (nSPS) is 16.4. The van der Waals surface area contributed by atoms with E-state index >= 15 is 0 Å². The van der Waals surface area contributed by atoms with E-state index in [4.69, 9.17) is 18.3 Å². The van der Waals surface area contributed by atoms with E-state index in [1.807, 2.05) is 0 Å². The summed E-state index contributed by atoms with van der Waals surface area (Å²) in [7, 11) is 0. The van der Waals surface area contributed by atoms with Gasteiger partial charge in [-0.25, -0.2) is 4.79 Å². The summed E-state index contributed by atoms with van der Waals surface area (Å²) in [4.78, 5) is 14.3. The van der Waals surface area contributed by atoms with Crippen molar-refractivity contribution in [1.29, 1.82) is 0 Å². The third-order valence-corrected chi connectivity index (χ3v) is 4.93. The van der Waals surface area contributed by atoms with Gasteiger partial charge in [-0.2, -0.15) is 0 Å². The molecule has 1 saturated heterocycles. The maximum Gasteiger partial charge on any atom is 0.321 e. The highest BCUT2D eigenvalue weighted by molar-refractivity contribution is 5.89. The summed E-state index contributed by atoms with van der Waals surface area (Å²) < 4.78 is 21.6. The number of piperidine rings is 1. The van der Waals surface area contributed by atoms with Crippen LogP contribution in [0.5, 0.6) is 11.5 Å². The monoisotopic (exact) mass is 382 g/mol. The van der Waals surface area contributed by atoms with Gasteiger partial charge in [-0.15, -0.1) is 10.2 Å². The van der Waals surface area contributed by atoms with Crippen molar-refractivity contribution in [2.24, 2.45) is 0 Å². The minimum Gasteiger partial charge on any atom is -0.459 e. The standard InChI is InChI=1S/C19H18N4O5/c24-19(20-13-3-4-14-16(10-13)27-11-26-14)23-7-5-12(6-8-23)17-21-22-18(28-17)15-2-1-9-25-15/h1-4,9-10,12H,5-8,11H2,(H,20,24). The first-order chi connectivity index (χ1) is 13.8. The molecule has 3 aromatic rings. The molecule has 2 aromatic heterocycles. The lowest BCUT2D eigenvalue weighted by Crippen LogP contribution is -2.40. The summed E-state index contributed by atoms with van der Waals surface area (Å²) in [5.41, 5.74) is 0.677. The van der Waals surface area contributed by atoms with Crippen LogP contribution in [0.25, 0.3) is 11.7 Å². The summed E-state index contributed by atoms with van der Waals surface area (Å²) in [6.07, 6.45) is 3.08. The Morgan fingerprint density at radius 3 is 2.79 bits per heavy atom. The number of likely N-dealkylation sites (tertiary alicyclic amines) is 1. The summed E-state index contributed by atoms with van der Waals surface area (Å²) in [6, 6.07) is 8.76. The fraction of sp³-hybridized carbons (Fsp3) is 0.316. The Bertz CT molecular complexity index is 976. The van der Waals surface area contributed by atoms with Gasteiger partial charge >= 0.3 is 6.03 Å². The van der Waals surface area contributed by atoms with E-state index in [2.05, 4.69) is 15.5 Å². The molecule has 28 heavy (non-hydrogen) atoms. The van der Waals surface area contributed by atoms with Crippen LogP contribution in [0, 0.1) is 0 Å². The maximum absolute atomic E-state index is 12.5. The van der Waals surface area contributed by atoms with Gasteiger partial charge in [0.25, 0.3) is 5.89 Å². The SMILES string of the molecule is O=C(Nc1ccc2c(c1)OCO2)N1CCC(c2nnc(-c3ccco3)o2)CC1. The van der Waals surface area contributed by atoms with Crippen LogP contribution >= 0.6 is 0 Å². The minimum atomic E-state index is -0.140. The summed E-state index contributed by atoms with van der Waals surface area (Å²) in [6.45, 7) is 1.43. The lowest BCUT2D eigenvalue weighted by molar-refractivity contribution is 0.174. The number of hydrogen-bond donors (Lipinski definition) is 1. The Kier molecular flexibility index (Phi) is 4.12. The Hall–Kier alpha value is -3.49. The predicted octanol–water partition coefficient (Wildman–Crippen LogP) is 3.47. The first-order valence-electron chi connectivity index (χ1n) is 9.09. The van der Waals surface area contributed by atoms with Gasteiger partial charge in [-0.1, -0.05) is 0 Å². The molecule has 1 N–H and O–H groups in total. The minimum absolute atomic E-state index is 0.130. The molecular formula is C19H18N4O5. The fourth-order valence-corrected chi connectivity index (χ4v) is 3.41. The Balaban J connectivity index is 1.18. The lowest BCUT2D eigenvalue weighted by atomic mass is 9.97. The van der Waals surface area contributed by atoms with Crippen LogP contribution in [0.15, 0.2) is 45.4 Å². The third kappa shape index (κ3) is 3.15. The number of rotatable bonds is 3. The molecule has 0 aliphatic carbocycles. The Morgan fingerprint density at radius 2 is 1.96 bits per heavy atom. The molecule has 5 rings (SSSR count). The number of aromatic nitrogens is 2. The maximum atomic E-state index is 12.5. The van der Waals surface area contributed by atoms with E-state index in [1.165, 1.54) is 0 Å². The molecule has 2 aliphatic heterocycles. The number of hydrogen-bond acceptors (Lipinski definition) is 7. The zero-order valence-corrected chi connectivity index (χ0v) is 15.0. The second kappa shape index (κ2) is 6.91. The van der Waals surface area contributed by atoms with Crippen molar-refractivity contribution in [2.75, 3.05) is 25.2 Å². The number of urea groups is 1. The molecule has 0 unspecified atom stereocenters. The van der Waals surface area contributed by atoms with Crippen LogP contribution in [-0.4, -0.2) is 41.0 Å². The van der Waals surface area contributed by atoms with E-state index in [9.17, 15) is 4.79 Å². The molecule has 0 atom stereocenters. The summed E-state index contributed by atoms with van der Waals surface area (Å²) in [5.74, 6) is 2.97. The largest absolute Gasteiger partial charge is 0.459 e. The van der Waals surface area contributed by atoms with Crippen molar-refractivity contribution in [3.63, 3.8) is 0 Å². The van der Waals surface area contributed by atoms with Gasteiger partial charge in [0.1, 0.15) is 0 Å². The zero-order chi connectivity index (χ0) is 18.9.